The van der Waals surface area contributed by atoms with Crippen LogP contribution in [-0.2, 0) is 0 Å². The van der Waals surface area contributed by atoms with Gasteiger partial charge < -0.3 is 10.2 Å². The van der Waals surface area contributed by atoms with E-state index < -0.39 is 0 Å². The normalized spacial score (nSPS) is 24.4. The van der Waals surface area contributed by atoms with Crippen LogP contribution in [-0.4, -0.2) is 23.6 Å². The van der Waals surface area contributed by atoms with Gasteiger partial charge in [-0.15, -0.1) is 0 Å². The van der Waals surface area contributed by atoms with E-state index in [1.807, 2.05) is 6.07 Å². The molecule has 0 aliphatic carbocycles. The molecular formula is C15H25N3. The fraction of sp³-hybridized carbons (Fsp3) is 0.667. The Bertz CT molecular complexity index is 398. The van der Waals surface area contributed by atoms with Crippen LogP contribution in [0.2, 0.25) is 0 Å². The summed E-state index contributed by atoms with van der Waals surface area (Å²) in [7, 11) is 0. The molecule has 0 bridgehead atoms. The van der Waals surface area contributed by atoms with Crippen LogP contribution in [0.1, 0.15) is 34.6 Å². The molecule has 3 heteroatoms. The molecule has 0 radical (unpaired) electrons. The van der Waals surface area contributed by atoms with Crippen LogP contribution >= 0.6 is 0 Å². The molecule has 2 rings (SSSR count). The van der Waals surface area contributed by atoms with Crippen molar-refractivity contribution in [2.24, 2.45) is 11.8 Å². The van der Waals surface area contributed by atoms with Crippen LogP contribution < -0.4 is 10.2 Å². The number of hydrogen-bond donors (Lipinski definition) is 1. The lowest BCUT2D eigenvalue weighted by Crippen LogP contribution is -2.27. The maximum Gasteiger partial charge on any atom is 0.130 e. The first-order chi connectivity index (χ1) is 8.35. The maximum atomic E-state index is 4.72. The van der Waals surface area contributed by atoms with Gasteiger partial charge in [0, 0.05) is 18.6 Å². The van der Waals surface area contributed by atoms with E-state index in [9.17, 15) is 0 Å². The largest absolute Gasteiger partial charge is 0.365 e. The van der Waals surface area contributed by atoms with Crippen LogP contribution in [0.5, 0.6) is 0 Å². The first kappa shape index (κ1) is 13.2. The molecule has 100 valence electrons. The molecule has 18 heavy (non-hydrogen) atoms. The van der Waals surface area contributed by atoms with Gasteiger partial charge in [0.15, 0.2) is 0 Å². The molecule has 2 heterocycles. The smallest absolute Gasteiger partial charge is 0.130 e. The van der Waals surface area contributed by atoms with E-state index >= 15 is 0 Å². The van der Waals surface area contributed by atoms with Gasteiger partial charge in [-0.1, -0.05) is 19.9 Å². The Morgan fingerprint density at radius 3 is 2.33 bits per heavy atom. The van der Waals surface area contributed by atoms with Crippen molar-refractivity contribution in [2.75, 3.05) is 23.3 Å². The highest BCUT2D eigenvalue weighted by atomic mass is 15.2. The molecule has 1 aliphatic rings. The highest BCUT2D eigenvalue weighted by molar-refractivity contribution is 5.48. The Morgan fingerprint density at radius 1 is 1.17 bits per heavy atom. The van der Waals surface area contributed by atoms with E-state index in [1.165, 1.54) is 0 Å². The lowest BCUT2D eigenvalue weighted by Gasteiger charge is -2.23. The molecule has 1 fully saturated rings. The summed E-state index contributed by atoms with van der Waals surface area (Å²) < 4.78 is 0. The number of rotatable bonds is 2. The minimum Gasteiger partial charge on any atom is -0.365 e. The van der Waals surface area contributed by atoms with Crippen LogP contribution in [0.4, 0.5) is 11.6 Å². The van der Waals surface area contributed by atoms with Gasteiger partial charge in [-0.2, -0.15) is 0 Å². The van der Waals surface area contributed by atoms with Gasteiger partial charge in [0.25, 0.3) is 0 Å². The number of nitrogens with zero attached hydrogens (tertiary/aromatic N) is 2. The Hall–Kier alpha value is -1.25. The van der Waals surface area contributed by atoms with Crippen LogP contribution in [0.3, 0.4) is 0 Å². The monoisotopic (exact) mass is 247 g/mol. The summed E-state index contributed by atoms with van der Waals surface area (Å²) >= 11 is 0. The molecule has 1 aliphatic heterocycles. The van der Waals surface area contributed by atoms with Crippen molar-refractivity contribution in [1.29, 1.82) is 0 Å². The first-order valence-corrected chi connectivity index (χ1v) is 6.85. The summed E-state index contributed by atoms with van der Waals surface area (Å²) in [6.07, 6.45) is 0. The van der Waals surface area contributed by atoms with E-state index in [1.54, 1.807) is 0 Å². The second kappa shape index (κ2) is 4.79. The van der Waals surface area contributed by atoms with Gasteiger partial charge >= 0.3 is 0 Å². The van der Waals surface area contributed by atoms with Crippen molar-refractivity contribution in [2.45, 2.75) is 40.2 Å². The summed E-state index contributed by atoms with van der Waals surface area (Å²) in [4.78, 5) is 7.12. The zero-order chi connectivity index (χ0) is 13.3. The molecule has 2 atom stereocenters. The summed E-state index contributed by atoms with van der Waals surface area (Å²) in [5.41, 5.74) is 0.0528. The fourth-order valence-corrected chi connectivity index (χ4v) is 2.37. The Labute approximate surface area is 111 Å². The van der Waals surface area contributed by atoms with E-state index in [2.05, 4.69) is 57.0 Å². The minimum atomic E-state index is 0.0528. The van der Waals surface area contributed by atoms with Crippen molar-refractivity contribution in [1.82, 2.24) is 4.98 Å². The number of nitrogens with one attached hydrogen (secondary N) is 1. The predicted molar refractivity (Wildman–Crippen MR) is 78.2 cm³/mol. The number of anilines is 2. The van der Waals surface area contributed by atoms with Gasteiger partial charge in [-0.25, -0.2) is 4.98 Å². The lowest BCUT2D eigenvalue weighted by atomic mass is 10.0. The molecule has 2 unspecified atom stereocenters. The third-order valence-electron chi connectivity index (χ3n) is 3.55. The Morgan fingerprint density at radius 2 is 1.78 bits per heavy atom. The molecule has 0 spiro atoms. The Balaban J connectivity index is 2.13. The predicted octanol–water partition coefficient (Wildman–Crippen LogP) is 3.38. The molecule has 0 aromatic carbocycles. The van der Waals surface area contributed by atoms with E-state index in [-0.39, 0.29) is 5.54 Å². The summed E-state index contributed by atoms with van der Waals surface area (Å²) in [6, 6.07) is 6.24. The van der Waals surface area contributed by atoms with Crippen molar-refractivity contribution in [3.8, 4) is 0 Å². The summed E-state index contributed by atoms with van der Waals surface area (Å²) in [5, 5.41) is 3.43. The molecule has 1 N–H and O–H groups in total. The van der Waals surface area contributed by atoms with Crippen LogP contribution in [0.15, 0.2) is 18.2 Å². The van der Waals surface area contributed by atoms with Gasteiger partial charge in [0.1, 0.15) is 11.6 Å². The molecule has 0 saturated carbocycles. The molecule has 3 nitrogen and oxygen atoms in total. The highest BCUT2D eigenvalue weighted by Crippen LogP contribution is 2.27. The molecule has 1 aromatic rings. The molecule has 1 aromatic heterocycles. The third-order valence-corrected chi connectivity index (χ3v) is 3.55. The van der Waals surface area contributed by atoms with Crippen molar-refractivity contribution in [3.05, 3.63) is 18.2 Å². The minimum absolute atomic E-state index is 0.0528. The van der Waals surface area contributed by atoms with E-state index in [4.69, 9.17) is 4.98 Å². The lowest BCUT2D eigenvalue weighted by molar-refractivity contribution is 0.494. The molecular weight excluding hydrogens is 222 g/mol. The number of aromatic nitrogens is 1. The van der Waals surface area contributed by atoms with E-state index in [0.29, 0.717) is 0 Å². The van der Waals surface area contributed by atoms with Gasteiger partial charge in [-0.3, -0.25) is 0 Å². The highest BCUT2D eigenvalue weighted by Gasteiger charge is 2.26. The standard InChI is InChI=1S/C15H25N3/c1-11-9-18(10-12(11)2)14-8-6-7-13(16-14)17-15(3,4)5/h6-8,11-12H,9-10H2,1-5H3,(H,16,17). The molecule has 1 saturated heterocycles. The van der Waals surface area contributed by atoms with Crippen LogP contribution in [0, 0.1) is 11.8 Å². The summed E-state index contributed by atoms with van der Waals surface area (Å²) in [5.74, 6) is 3.57. The zero-order valence-electron chi connectivity index (χ0n) is 12.2. The molecule has 0 amide bonds. The quantitative estimate of drug-likeness (QED) is 0.868. The van der Waals surface area contributed by atoms with Crippen molar-refractivity contribution < 1.29 is 0 Å². The first-order valence-electron chi connectivity index (χ1n) is 6.85. The second-order valence-electron chi connectivity index (χ2n) is 6.62. The average Bonchev–Trinajstić information content (AvgIpc) is 2.57. The SMILES string of the molecule is CC1CN(c2cccc(NC(C)(C)C)n2)CC1C. The van der Waals surface area contributed by atoms with Crippen LogP contribution in [0.25, 0.3) is 0 Å². The van der Waals surface area contributed by atoms with Crippen molar-refractivity contribution >= 4 is 11.6 Å². The maximum absolute atomic E-state index is 4.72. The van der Waals surface area contributed by atoms with Gasteiger partial charge in [0.05, 0.1) is 0 Å². The number of pyridine rings is 1. The van der Waals surface area contributed by atoms with Gasteiger partial charge in [0.2, 0.25) is 0 Å². The topological polar surface area (TPSA) is 28.2 Å². The van der Waals surface area contributed by atoms with Crippen molar-refractivity contribution in [3.63, 3.8) is 0 Å². The zero-order valence-corrected chi connectivity index (χ0v) is 12.2. The average molecular weight is 247 g/mol. The number of hydrogen-bond acceptors (Lipinski definition) is 3. The third kappa shape index (κ3) is 3.15. The van der Waals surface area contributed by atoms with E-state index in [0.717, 1.165) is 36.6 Å². The Kier molecular flexibility index (Phi) is 3.51. The van der Waals surface area contributed by atoms with Gasteiger partial charge in [-0.05, 0) is 44.7 Å². The second-order valence-corrected chi connectivity index (χ2v) is 6.62. The fourth-order valence-electron chi connectivity index (χ4n) is 2.37. The summed E-state index contributed by atoms with van der Waals surface area (Å²) in [6.45, 7) is 13.3.